The van der Waals surface area contributed by atoms with Gasteiger partial charge in [-0.15, -0.1) is 5.10 Å². The van der Waals surface area contributed by atoms with Crippen molar-refractivity contribution < 1.29 is 14.6 Å². The van der Waals surface area contributed by atoms with Crippen molar-refractivity contribution in [2.75, 3.05) is 6.61 Å². The number of carbonyl (C=O) groups excluding carboxylic acids is 1. The summed E-state index contributed by atoms with van der Waals surface area (Å²) in [5, 5.41) is 23.7. The number of para-hydroxylation sites is 2. The number of nitrogens with zero attached hydrogens (tertiary/aromatic N) is 6. The number of fused-ring (bicyclic) bond motifs is 2. The number of hydrogen-bond donors (Lipinski definition) is 2. The molecule has 10 nitrogen and oxygen atoms in total. The minimum absolute atomic E-state index is 0.120. The van der Waals surface area contributed by atoms with E-state index in [9.17, 15) is 15.2 Å². The molecule has 0 radical (unpaired) electrons. The summed E-state index contributed by atoms with van der Waals surface area (Å²) in [7, 11) is 0. The van der Waals surface area contributed by atoms with E-state index in [1.54, 1.807) is 18.2 Å². The molecule has 3 heterocycles. The highest BCUT2D eigenvalue weighted by atomic mass is 16.5. The first-order valence-electron chi connectivity index (χ1n) is 8.61. The van der Waals surface area contributed by atoms with Crippen LogP contribution in [0.2, 0.25) is 0 Å². The summed E-state index contributed by atoms with van der Waals surface area (Å²) >= 11 is 0. The van der Waals surface area contributed by atoms with Gasteiger partial charge in [0.2, 0.25) is 0 Å². The number of H-pyrrole nitrogens is 1. The Labute approximate surface area is 164 Å². The molecule has 29 heavy (non-hydrogen) atoms. The Morgan fingerprint density at radius 1 is 1.28 bits per heavy atom. The third-order valence-corrected chi connectivity index (χ3v) is 4.17. The smallest absolute Gasteiger partial charge is 0.378 e. The molecule has 4 rings (SSSR count). The summed E-state index contributed by atoms with van der Waals surface area (Å²) in [5.74, 6) is -1.02. The highest BCUT2D eigenvalue weighted by Gasteiger charge is 2.19. The molecule has 0 aliphatic rings. The van der Waals surface area contributed by atoms with Crippen LogP contribution in [0.5, 0.6) is 0 Å². The molecule has 1 aromatic carbocycles. The van der Waals surface area contributed by atoms with E-state index in [-0.39, 0.29) is 23.0 Å². The van der Waals surface area contributed by atoms with Crippen molar-refractivity contribution in [1.29, 1.82) is 5.26 Å². The van der Waals surface area contributed by atoms with Gasteiger partial charge in [-0.25, -0.2) is 19.3 Å². The molecule has 0 atom stereocenters. The van der Waals surface area contributed by atoms with Gasteiger partial charge >= 0.3 is 5.97 Å². The topological polar surface area (TPSA) is 142 Å². The van der Waals surface area contributed by atoms with Crippen molar-refractivity contribution in [1.82, 2.24) is 29.5 Å². The number of allylic oxidation sites excluding steroid dienone is 1. The van der Waals surface area contributed by atoms with Crippen molar-refractivity contribution in [2.24, 2.45) is 0 Å². The highest BCUT2D eigenvalue weighted by molar-refractivity contribution is 5.86. The zero-order valence-electron chi connectivity index (χ0n) is 15.5. The van der Waals surface area contributed by atoms with E-state index in [0.717, 1.165) is 11.4 Å². The Hall–Kier alpha value is -4.26. The molecule has 0 saturated heterocycles. The number of nitrogens with one attached hydrogen (secondary N) is 1. The number of hydrogen-bond acceptors (Lipinski definition) is 8. The summed E-state index contributed by atoms with van der Waals surface area (Å²) in [6, 6.07) is 10.9. The van der Waals surface area contributed by atoms with E-state index in [1.807, 2.05) is 32.0 Å². The first-order chi connectivity index (χ1) is 14.0. The van der Waals surface area contributed by atoms with E-state index < -0.39 is 18.3 Å². The molecule has 0 unspecified atom stereocenters. The number of rotatable bonds is 4. The molecule has 144 valence electrons. The first-order valence-corrected chi connectivity index (χ1v) is 8.61. The standard InChI is InChI=1S/C19H15N7O3/c1-10-7-11(2)26-19(21-10)24-17(25-26)18(28)29-9-15(27)12(8-20)16-22-13-5-3-4-6-14(13)23-16/h3-7,27H,9H2,1-2H3,(H,22,23). The van der Waals surface area contributed by atoms with Crippen LogP contribution in [0, 0.1) is 25.2 Å². The number of carbonyl (C=O) groups is 1. The second-order valence-electron chi connectivity index (χ2n) is 6.30. The van der Waals surface area contributed by atoms with E-state index >= 15 is 0 Å². The fraction of sp³-hybridized carbons (Fsp3) is 0.158. The van der Waals surface area contributed by atoms with Gasteiger partial charge in [0.15, 0.2) is 18.2 Å². The molecular weight excluding hydrogens is 374 g/mol. The number of aryl methyl sites for hydroxylation is 2. The maximum atomic E-state index is 12.3. The molecule has 0 aliphatic carbocycles. The van der Waals surface area contributed by atoms with Crippen LogP contribution in [0.3, 0.4) is 0 Å². The molecule has 0 amide bonds. The molecule has 0 bridgehead atoms. The normalized spacial score (nSPS) is 12.0. The largest absolute Gasteiger partial charge is 0.507 e. The van der Waals surface area contributed by atoms with Crippen molar-refractivity contribution in [2.45, 2.75) is 13.8 Å². The molecule has 10 heteroatoms. The van der Waals surface area contributed by atoms with E-state index in [4.69, 9.17) is 4.74 Å². The number of aromatic amines is 1. The monoisotopic (exact) mass is 389 g/mol. The molecule has 0 fully saturated rings. The molecule has 0 aliphatic heterocycles. The molecule has 0 saturated carbocycles. The Bertz CT molecular complexity index is 1290. The third kappa shape index (κ3) is 3.37. The van der Waals surface area contributed by atoms with Gasteiger partial charge in [0.1, 0.15) is 11.6 Å². The number of nitriles is 1. The fourth-order valence-corrected chi connectivity index (χ4v) is 2.85. The van der Waals surface area contributed by atoms with Crippen molar-refractivity contribution in [3.8, 4) is 6.07 Å². The maximum absolute atomic E-state index is 12.3. The summed E-state index contributed by atoms with van der Waals surface area (Å²) < 4.78 is 6.49. The summed E-state index contributed by atoms with van der Waals surface area (Å²) in [6.45, 7) is 3.09. The van der Waals surface area contributed by atoms with Gasteiger partial charge in [-0.3, -0.25) is 0 Å². The second kappa shape index (κ2) is 7.05. The number of aliphatic hydroxyl groups is 1. The lowest BCUT2D eigenvalue weighted by molar-refractivity contribution is 0.0489. The van der Waals surface area contributed by atoms with E-state index in [2.05, 4.69) is 25.0 Å². The van der Waals surface area contributed by atoms with Crippen LogP contribution in [0.15, 0.2) is 36.1 Å². The van der Waals surface area contributed by atoms with Gasteiger partial charge in [-0.2, -0.15) is 10.2 Å². The van der Waals surface area contributed by atoms with Crippen LogP contribution in [0.25, 0.3) is 22.4 Å². The summed E-state index contributed by atoms with van der Waals surface area (Å²) in [4.78, 5) is 27.7. The van der Waals surface area contributed by atoms with Crippen LogP contribution in [0.4, 0.5) is 0 Å². The maximum Gasteiger partial charge on any atom is 0.378 e. The van der Waals surface area contributed by atoms with Gasteiger partial charge < -0.3 is 14.8 Å². The number of ether oxygens (including phenoxy) is 1. The van der Waals surface area contributed by atoms with Gasteiger partial charge in [0, 0.05) is 11.4 Å². The second-order valence-corrected chi connectivity index (χ2v) is 6.30. The van der Waals surface area contributed by atoms with Crippen molar-refractivity contribution in [3.05, 3.63) is 59.1 Å². The number of esters is 1. The lowest BCUT2D eigenvalue weighted by Crippen LogP contribution is -2.11. The summed E-state index contributed by atoms with van der Waals surface area (Å²) in [5.41, 5.74) is 2.75. The minimum Gasteiger partial charge on any atom is -0.507 e. The molecule has 0 spiro atoms. The SMILES string of the molecule is Cc1cc(C)n2nc(C(=O)OCC(O)=C(C#N)c3nc4ccccc4[nH]3)nc2n1. The molecule has 4 aromatic rings. The quantitative estimate of drug-likeness (QED) is 0.307. The molecule has 3 aromatic heterocycles. The average Bonchev–Trinajstić information content (AvgIpc) is 3.30. The number of benzene rings is 1. The van der Waals surface area contributed by atoms with Gasteiger partial charge in [-0.05, 0) is 32.0 Å². The van der Waals surface area contributed by atoms with E-state index in [1.165, 1.54) is 4.52 Å². The van der Waals surface area contributed by atoms with Crippen LogP contribution in [0.1, 0.15) is 27.8 Å². The minimum atomic E-state index is -0.846. The number of imidazole rings is 1. The predicted molar refractivity (Wildman–Crippen MR) is 102 cm³/mol. The molecule has 2 N–H and O–H groups in total. The highest BCUT2D eigenvalue weighted by Crippen LogP contribution is 2.19. The predicted octanol–water partition coefficient (Wildman–Crippen LogP) is 2.27. The van der Waals surface area contributed by atoms with Gasteiger partial charge in [-0.1, -0.05) is 12.1 Å². The van der Waals surface area contributed by atoms with E-state index in [0.29, 0.717) is 11.0 Å². The Balaban J connectivity index is 1.56. The van der Waals surface area contributed by atoms with Crippen LogP contribution in [-0.2, 0) is 4.74 Å². The Morgan fingerprint density at radius 3 is 2.83 bits per heavy atom. The number of aliphatic hydroxyl groups excluding tert-OH is 1. The lowest BCUT2D eigenvalue weighted by atomic mass is 10.2. The first kappa shape index (κ1) is 18.1. The Kier molecular flexibility index (Phi) is 4.40. The lowest BCUT2D eigenvalue weighted by Gasteiger charge is -2.03. The average molecular weight is 389 g/mol. The molecular formula is C19H15N7O3. The van der Waals surface area contributed by atoms with Crippen molar-refractivity contribution in [3.63, 3.8) is 0 Å². The van der Waals surface area contributed by atoms with Gasteiger partial charge in [0.25, 0.3) is 11.6 Å². The zero-order valence-corrected chi connectivity index (χ0v) is 15.5. The fourth-order valence-electron chi connectivity index (χ4n) is 2.85. The Morgan fingerprint density at radius 2 is 2.07 bits per heavy atom. The summed E-state index contributed by atoms with van der Waals surface area (Å²) in [6.07, 6.45) is 0. The number of aromatic nitrogens is 6. The van der Waals surface area contributed by atoms with Crippen molar-refractivity contribution >= 4 is 28.4 Å². The van der Waals surface area contributed by atoms with Crippen LogP contribution < -0.4 is 0 Å². The van der Waals surface area contributed by atoms with Gasteiger partial charge in [0.05, 0.1) is 11.0 Å². The zero-order chi connectivity index (χ0) is 20.5. The van der Waals surface area contributed by atoms with Crippen LogP contribution in [-0.4, -0.2) is 47.2 Å². The van der Waals surface area contributed by atoms with Crippen LogP contribution >= 0.6 is 0 Å². The third-order valence-electron chi connectivity index (χ3n) is 4.17.